The average Bonchev–Trinajstić information content (AvgIpc) is 4.06. The Morgan fingerprint density at radius 2 is 1.29 bits per heavy atom. The number of thiol groups is 1. The van der Waals surface area contributed by atoms with Crippen LogP contribution in [0.1, 0.15) is 90.5 Å². The second-order valence-electron chi connectivity index (χ2n) is 18.4. The van der Waals surface area contributed by atoms with Gasteiger partial charge in [0.05, 0.1) is 6.04 Å². The number of aliphatic imine (C=N–C) groups is 1. The van der Waals surface area contributed by atoms with Crippen molar-refractivity contribution in [3.63, 3.8) is 0 Å². The molecule has 8 amide bonds. The Morgan fingerprint density at radius 3 is 1.89 bits per heavy atom. The molecule has 0 spiro atoms. The van der Waals surface area contributed by atoms with Crippen LogP contribution in [0.3, 0.4) is 0 Å². The number of carbonyl (C=O) groups is 9. The minimum absolute atomic E-state index is 0.00639. The minimum atomic E-state index is -1.28. The zero-order valence-electron chi connectivity index (χ0n) is 41.8. The molecular weight excluding hydrogens is 971 g/mol. The third kappa shape index (κ3) is 19.1. The molecule has 15 N–H and O–H groups in total. The van der Waals surface area contributed by atoms with Gasteiger partial charge in [0.25, 0.3) is 0 Å². The zero-order chi connectivity index (χ0) is 53.5. The Morgan fingerprint density at radius 1 is 0.722 bits per heavy atom. The first-order valence-electron chi connectivity index (χ1n) is 24.5. The van der Waals surface area contributed by atoms with Gasteiger partial charge in [-0.05, 0) is 101 Å². The number of nitrogens with one attached hydrogen (secondary N) is 6. The summed E-state index contributed by atoms with van der Waals surface area (Å²) in [6.07, 6.45) is 5.26. The minimum Gasteiger partial charge on any atom is -0.480 e. The van der Waals surface area contributed by atoms with Crippen LogP contribution >= 0.6 is 24.4 Å². The van der Waals surface area contributed by atoms with Crippen molar-refractivity contribution >= 4 is 83.6 Å². The smallest absolute Gasteiger partial charge is 0.326 e. The molecule has 0 unspecified atom stereocenters. The number of hydrogen-bond acceptors (Lipinski definition) is 14. The molecule has 2 aliphatic rings. The highest BCUT2D eigenvalue weighted by Crippen LogP contribution is 2.22. The molecule has 2 aliphatic heterocycles. The summed E-state index contributed by atoms with van der Waals surface area (Å²) >= 11 is 5.89. The monoisotopic (exact) mass is 1050 g/mol. The van der Waals surface area contributed by atoms with Crippen molar-refractivity contribution in [1.29, 1.82) is 0 Å². The van der Waals surface area contributed by atoms with Crippen molar-refractivity contribution in [3.8, 4) is 0 Å². The molecule has 0 aliphatic carbocycles. The van der Waals surface area contributed by atoms with Gasteiger partial charge >= 0.3 is 5.97 Å². The maximum atomic E-state index is 14.1. The van der Waals surface area contributed by atoms with Gasteiger partial charge in [-0.1, -0.05) is 44.2 Å². The maximum Gasteiger partial charge on any atom is 0.326 e. The summed E-state index contributed by atoms with van der Waals surface area (Å²) in [5.41, 5.74) is 23.6. The first kappa shape index (κ1) is 60.6. The lowest BCUT2D eigenvalue weighted by Gasteiger charge is -2.31. The van der Waals surface area contributed by atoms with Crippen LogP contribution in [0.2, 0.25) is 0 Å². The fourth-order valence-electron chi connectivity index (χ4n) is 8.41. The van der Waals surface area contributed by atoms with Crippen LogP contribution in [-0.2, 0) is 49.6 Å². The lowest BCUT2D eigenvalue weighted by atomic mass is 9.99. The fourth-order valence-corrected chi connectivity index (χ4v) is 9.14. The van der Waals surface area contributed by atoms with Gasteiger partial charge in [0.1, 0.15) is 48.3 Å². The highest BCUT2D eigenvalue weighted by atomic mass is 32.2. The molecule has 0 bridgehead atoms. The van der Waals surface area contributed by atoms with E-state index in [-0.39, 0.29) is 63.5 Å². The number of guanidine groups is 1. The molecule has 0 aromatic heterocycles. The maximum absolute atomic E-state index is 14.1. The Balaban J connectivity index is 1.76. The van der Waals surface area contributed by atoms with Crippen LogP contribution in [0.4, 0.5) is 0 Å². The summed E-state index contributed by atoms with van der Waals surface area (Å²) in [6.45, 7) is 5.63. The first-order valence-corrected chi connectivity index (χ1v) is 26.6. The molecule has 1 aromatic rings. The molecule has 72 heavy (non-hydrogen) atoms. The van der Waals surface area contributed by atoms with Crippen LogP contribution in [0, 0.1) is 5.92 Å². The number of carbonyl (C=O) groups excluding carboxylic acids is 8. The molecule has 23 nitrogen and oxygen atoms in total. The standard InChI is InChI=1S/C47H77N13O10S2/c1-27(2)37(58-41(64)33(25-29-13-6-5-7-14-29)56-39(62)30(49)19-24-72-4)43(66)54-31(16-10-21-52-47(50)51)40(63)57-34(26-71)45(68)59-22-11-17-35(59)42(65)53-28(3)38(61)55-32(15-8-9-20-48)44(67)60-23-12-18-36(60)46(69)70/h5-7,13-14,27-28,30-37,71H,8-12,15-26,48-49H2,1-4H3,(H,53,65)(H,54,66)(H,55,61)(H,56,62)(H,57,63)(H,58,64)(H,69,70)(H4,50,51,52)/t28-,30-,31-,32-,33-,34-,35-,36-,37-/m0/s1. The van der Waals surface area contributed by atoms with E-state index in [2.05, 4.69) is 49.5 Å². The molecular formula is C47H77N13O10S2. The van der Waals surface area contributed by atoms with Gasteiger partial charge in [0.2, 0.25) is 47.3 Å². The van der Waals surface area contributed by atoms with E-state index in [1.165, 1.54) is 28.5 Å². The summed E-state index contributed by atoms with van der Waals surface area (Å²) in [6, 6.07) is -1.02. The third-order valence-electron chi connectivity index (χ3n) is 12.5. The number of amides is 8. The predicted molar refractivity (Wildman–Crippen MR) is 277 cm³/mol. The van der Waals surface area contributed by atoms with Crippen molar-refractivity contribution in [3.05, 3.63) is 35.9 Å². The Kier molecular flexibility index (Phi) is 26.1. The predicted octanol–water partition coefficient (Wildman–Crippen LogP) is -1.93. The van der Waals surface area contributed by atoms with Crippen molar-refractivity contribution in [1.82, 2.24) is 41.7 Å². The van der Waals surface area contributed by atoms with E-state index in [1.54, 1.807) is 38.1 Å². The molecule has 2 heterocycles. The van der Waals surface area contributed by atoms with Gasteiger partial charge < -0.3 is 69.7 Å². The van der Waals surface area contributed by atoms with Crippen LogP contribution < -0.4 is 54.8 Å². The summed E-state index contributed by atoms with van der Waals surface area (Å²) in [5.74, 6) is -6.61. The van der Waals surface area contributed by atoms with Crippen molar-refractivity contribution in [2.75, 3.05) is 43.9 Å². The number of nitrogens with zero attached hydrogens (tertiary/aromatic N) is 3. The normalized spacial score (nSPS) is 18.3. The van der Waals surface area contributed by atoms with Gasteiger partial charge in [-0.25, -0.2) is 4.79 Å². The molecule has 9 atom stereocenters. The van der Waals surface area contributed by atoms with E-state index < -0.39 is 114 Å². The molecule has 1 aromatic carbocycles. The van der Waals surface area contributed by atoms with Crippen LogP contribution in [-0.4, -0.2) is 172 Å². The molecule has 402 valence electrons. The summed E-state index contributed by atoms with van der Waals surface area (Å²) in [5, 5.41) is 25.9. The largest absolute Gasteiger partial charge is 0.480 e. The number of benzene rings is 1. The molecule has 2 fully saturated rings. The number of thioether (sulfide) groups is 1. The quantitative estimate of drug-likeness (QED) is 0.0173. The van der Waals surface area contributed by atoms with Gasteiger partial charge in [0, 0.05) is 31.8 Å². The second-order valence-corrected chi connectivity index (χ2v) is 19.8. The van der Waals surface area contributed by atoms with Gasteiger partial charge in [-0.15, -0.1) is 0 Å². The molecule has 0 radical (unpaired) electrons. The van der Waals surface area contributed by atoms with Crippen molar-refractivity contribution < 1.29 is 48.3 Å². The number of rotatable bonds is 30. The fraction of sp³-hybridized carbons (Fsp3) is 0.660. The van der Waals surface area contributed by atoms with Gasteiger partial charge in [-0.3, -0.25) is 43.3 Å². The Bertz CT molecular complexity index is 2030. The number of carboxylic acid groups (broad SMARTS) is 1. The summed E-state index contributed by atoms with van der Waals surface area (Å²) in [7, 11) is 0. The Hall–Kier alpha value is -5.66. The molecule has 25 heteroatoms. The van der Waals surface area contributed by atoms with Gasteiger partial charge in [0.15, 0.2) is 5.96 Å². The lowest BCUT2D eigenvalue weighted by molar-refractivity contribution is -0.149. The zero-order valence-corrected chi connectivity index (χ0v) is 43.5. The third-order valence-corrected chi connectivity index (χ3v) is 13.5. The van der Waals surface area contributed by atoms with Crippen LogP contribution in [0.25, 0.3) is 0 Å². The molecule has 2 saturated heterocycles. The summed E-state index contributed by atoms with van der Waals surface area (Å²) < 4.78 is 0. The SMILES string of the molecule is CSCC[C@H](N)C(=O)N[C@@H](Cc1ccccc1)C(=O)N[C@H](C(=O)N[C@@H](CCCN=C(N)N)C(=O)N[C@@H](CS)C(=O)N1CCC[C@H]1C(=O)N[C@@H](C)C(=O)N[C@@H](CCCCN)C(=O)N1CCC[C@H]1C(=O)O)C(C)C. The average molecular weight is 1050 g/mol. The Labute approximate surface area is 431 Å². The lowest BCUT2D eigenvalue weighted by Crippen LogP contribution is -2.61. The van der Waals surface area contributed by atoms with E-state index >= 15 is 0 Å². The van der Waals surface area contributed by atoms with Crippen molar-refractivity contribution in [2.45, 2.75) is 146 Å². The topological polar surface area (TPSA) is 369 Å². The highest BCUT2D eigenvalue weighted by molar-refractivity contribution is 7.98. The van der Waals surface area contributed by atoms with Crippen LogP contribution in [0.15, 0.2) is 35.3 Å². The second kappa shape index (κ2) is 31.0. The van der Waals surface area contributed by atoms with Crippen LogP contribution in [0.5, 0.6) is 0 Å². The van der Waals surface area contributed by atoms with E-state index in [1.807, 2.05) is 12.3 Å². The number of nitrogens with two attached hydrogens (primary N) is 4. The summed E-state index contributed by atoms with van der Waals surface area (Å²) in [4.78, 5) is 129. The van der Waals surface area contributed by atoms with E-state index in [0.29, 0.717) is 50.8 Å². The van der Waals surface area contributed by atoms with Crippen molar-refractivity contribution in [2.24, 2.45) is 33.8 Å². The van der Waals surface area contributed by atoms with E-state index in [4.69, 9.17) is 22.9 Å². The highest BCUT2D eigenvalue weighted by Gasteiger charge is 2.41. The van der Waals surface area contributed by atoms with E-state index in [0.717, 1.165) is 5.56 Å². The first-order chi connectivity index (χ1) is 34.2. The number of likely N-dealkylation sites (tertiary alicyclic amines) is 2. The number of carboxylic acids is 1. The number of unbranched alkanes of at least 4 members (excludes halogenated alkanes) is 1. The van der Waals surface area contributed by atoms with E-state index in [9.17, 15) is 48.3 Å². The van der Waals surface area contributed by atoms with Gasteiger partial charge in [-0.2, -0.15) is 24.4 Å². The number of hydrogen-bond donors (Lipinski definition) is 12. The number of aliphatic carboxylic acids is 1. The molecule has 3 rings (SSSR count). The molecule has 0 saturated carbocycles.